The highest BCUT2D eigenvalue weighted by Gasteiger charge is 2.63. The van der Waals surface area contributed by atoms with Crippen molar-refractivity contribution in [1.29, 1.82) is 0 Å². The van der Waals surface area contributed by atoms with Crippen LogP contribution in [0.4, 0.5) is 0 Å². The van der Waals surface area contributed by atoms with E-state index >= 15 is 0 Å². The van der Waals surface area contributed by atoms with E-state index in [9.17, 15) is 0 Å². The van der Waals surface area contributed by atoms with Gasteiger partial charge in [0.2, 0.25) is 0 Å². The Morgan fingerprint density at radius 1 is 0.345 bits per heavy atom. The lowest BCUT2D eigenvalue weighted by atomic mass is 9.49. The molecule has 6 aromatic carbocycles. The second-order valence-electron chi connectivity index (χ2n) is 21.8. The van der Waals surface area contributed by atoms with Gasteiger partial charge in [-0.3, -0.25) is 0 Å². The van der Waals surface area contributed by atoms with E-state index in [1.807, 2.05) is 149 Å². The van der Waals surface area contributed by atoms with Crippen LogP contribution in [0.1, 0.15) is 166 Å². The summed E-state index contributed by atoms with van der Waals surface area (Å²) >= 11 is 9.13. The maximum absolute atomic E-state index is 6.18. The van der Waals surface area contributed by atoms with Crippen LogP contribution in [0.5, 0.6) is 0 Å². The van der Waals surface area contributed by atoms with E-state index in [1.165, 1.54) is 65.4 Å². The topological polar surface area (TPSA) is 81.0 Å². The number of nitrogens with zero attached hydrogens (tertiary/aromatic N) is 2. The molecule has 3 aliphatic rings. The molecule has 0 saturated carbocycles. The van der Waals surface area contributed by atoms with Gasteiger partial charge < -0.3 is 42.0 Å². The van der Waals surface area contributed by atoms with Crippen LogP contribution >= 0.6 is 54.5 Å². The average molecular weight is 1390 g/mol. The lowest BCUT2D eigenvalue weighted by molar-refractivity contribution is 0.00578. The minimum atomic E-state index is -0.476. The number of hydrogen-bond acceptors (Lipinski definition) is 6. The van der Waals surface area contributed by atoms with E-state index < -0.39 is 14.0 Å². The van der Waals surface area contributed by atoms with Gasteiger partial charge >= 0.3 is 21.1 Å². The van der Waals surface area contributed by atoms with Crippen LogP contribution in [0.15, 0.2) is 136 Å². The van der Waals surface area contributed by atoms with Crippen molar-refractivity contribution in [2.24, 2.45) is 14.1 Å². The first-order valence-electron chi connectivity index (χ1n) is 30.5. The van der Waals surface area contributed by atoms with Crippen LogP contribution in [0.2, 0.25) is 0 Å². The highest BCUT2D eigenvalue weighted by molar-refractivity contribution is 14.1. The Labute approximate surface area is 539 Å². The molecular formula is C69H103B3Br2IN3O6. The Hall–Kier alpha value is -3.64. The number of aryl methyl sites for hydroxylation is 2. The van der Waals surface area contributed by atoms with Crippen molar-refractivity contribution in [2.45, 2.75) is 200 Å². The molecule has 0 spiro atoms. The van der Waals surface area contributed by atoms with Gasteiger partial charge in [0.15, 0.2) is 0 Å². The van der Waals surface area contributed by atoms with Crippen molar-refractivity contribution in [3.05, 3.63) is 136 Å². The lowest BCUT2D eigenvalue weighted by Gasteiger charge is -2.32. The fraction of sp³-hybridized carbons (Fsp3) is 0.478. The van der Waals surface area contributed by atoms with Gasteiger partial charge in [-0.1, -0.05) is 216 Å². The summed E-state index contributed by atoms with van der Waals surface area (Å²) in [7, 11) is 2.95. The molecule has 15 heteroatoms. The molecule has 1 N–H and O–H groups in total. The molecule has 84 heavy (non-hydrogen) atoms. The van der Waals surface area contributed by atoms with E-state index in [1.54, 1.807) is 0 Å². The monoisotopic (exact) mass is 1390 g/mol. The number of benzene rings is 6. The van der Waals surface area contributed by atoms with Gasteiger partial charge in [0.05, 0.1) is 33.6 Å². The minimum absolute atomic E-state index is 0.314. The largest absolute Gasteiger partial charge is 0.494 e. The summed E-state index contributed by atoms with van der Waals surface area (Å²) in [5.41, 5.74) is 6.38. The van der Waals surface area contributed by atoms with Crippen molar-refractivity contribution >= 4 is 146 Å². The molecule has 9 aromatic rings. The van der Waals surface area contributed by atoms with Gasteiger partial charge in [0.25, 0.3) is 0 Å². The third-order valence-corrected chi connectivity index (χ3v) is 16.6. The van der Waals surface area contributed by atoms with Crippen molar-refractivity contribution in [1.82, 2.24) is 14.1 Å². The van der Waals surface area contributed by atoms with Crippen molar-refractivity contribution in [2.75, 3.05) is 4.93 Å². The van der Waals surface area contributed by atoms with Gasteiger partial charge in [0.1, 0.15) is 0 Å². The van der Waals surface area contributed by atoms with Crippen LogP contribution in [-0.4, -0.2) is 73.8 Å². The number of aromatic nitrogens is 3. The lowest BCUT2D eigenvalue weighted by Crippen LogP contribution is -2.41. The summed E-state index contributed by atoms with van der Waals surface area (Å²) < 4.78 is 42.9. The molecule has 0 radical (unpaired) electrons. The summed E-state index contributed by atoms with van der Waals surface area (Å²) in [6, 6.07) is 44.6. The third-order valence-electron chi connectivity index (χ3n) is 15.6. The Morgan fingerprint density at radius 3 is 1.06 bits per heavy atom. The Balaban J connectivity index is 0.000000361. The predicted molar refractivity (Wildman–Crippen MR) is 388 cm³/mol. The SMILES string of the molecule is Brc1ccc2c(c1)[nH]c1ccccc12.CC.CC.CC.CC.CC.CC.CC1(C)OB(B2OC(C)(C)C(C)(C)O2)OC1(C)C.CI.Cn1c2ccccc2c2ccc(B3OC(C)(C)C(C)(C)O3)cc21.Cn1c2ccccc2c2ccc(Br)cc21. The second kappa shape index (κ2) is 33.6. The molecule has 6 heterocycles. The minimum Gasteiger partial charge on any atom is -0.405 e. The van der Waals surface area contributed by atoms with Gasteiger partial charge in [-0.2, -0.15) is 0 Å². The first-order valence-corrected chi connectivity index (χ1v) is 34.2. The second-order valence-corrected chi connectivity index (χ2v) is 23.6. The first kappa shape index (κ1) is 76.5. The van der Waals surface area contributed by atoms with Crippen LogP contribution in [-0.2, 0) is 42.0 Å². The Bertz CT molecular complexity index is 3340. The molecule has 12 rings (SSSR count). The molecule has 3 saturated heterocycles. The summed E-state index contributed by atoms with van der Waals surface area (Å²) in [5.74, 6) is 0. The maximum Gasteiger partial charge on any atom is 0.494 e. The first-order chi connectivity index (χ1) is 39.8. The molecule has 3 aromatic heterocycles. The van der Waals surface area contributed by atoms with Gasteiger partial charge in [-0.15, -0.1) is 0 Å². The Morgan fingerprint density at radius 2 is 0.643 bits per heavy atom. The molecular weight excluding hydrogens is 1290 g/mol. The smallest absolute Gasteiger partial charge is 0.405 e. The summed E-state index contributed by atoms with van der Waals surface area (Å²) in [5, 5.41) is 7.76. The molecule has 0 amide bonds. The number of rotatable bonds is 2. The number of H-pyrrole nitrogens is 1. The molecule has 0 bridgehead atoms. The standard InChI is InChI=1S/C19H22BNO2.C13H10BrN.C12H24B2O4.C12H8BrN.6C2H6.CH3I/c1-18(2)19(3,4)23-20(22-18)13-10-11-15-14-8-6-7-9-16(14)21(5)17(15)12-13;1-15-12-5-3-2-4-10(12)11-7-6-9(14)8-13(11)15;1-9(2)10(3,4)16-13(15-9)14-17-11(5,6)12(7,8)18-14;13-8-5-6-10-9-3-1-2-4-11(9)14-12(10)7-8;7*1-2/h6-12H,1-5H3;2-8H,1H3;1-8H3;1-7,14H;6*1-2H3;1H3. The van der Waals surface area contributed by atoms with E-state index in [-0.39, 0.29) is 40.7 Å². The van der Waals surface area contributed by atoms with E-state index in [2.05, 4.69) is 232 Å². The zero-order chi connectivity index (χ0) is 64.3. The summed E-state index contributed by atoms with van der Waals surface area (Å²) in [6.45, 7) is 48.6. The van der Waals surface area contributed by atoms with Crippen molar-refractivity contribution in [3.8, 4) is 0 Å². The molecule has 0 aliphatic carbocycles. The fourth-order valence-corrected chi connectivity index (χ4v) is 9.97. The summed E-state index contributed by atoms with van der Waals surface area (Å²) in [4.78, 5) is 5.36. The predicted octanol–water partition coefficient (Wildman–Crippen LogP) is 21.3. The number of nitrogens with one attached hydrogen (secondary N) is 1. The normalized spacial score (nSPS) is 16.7. The van der Waals surface area contributed by atoms with Crippen molar-refractivity contribution < 1.29 is 27.9 Å². The third kappa shape index (κ3) is 17.2. The number of hydrogen-bond donors (Lipinski definition) is 1. The van der Waals surface area contributed by atoms with Crippen LogP contribution in [0.3, 0.4) is 0 Å². The van der Waals surface area contributed by atoms with Crippen LogP contribution in [0.25, 0.3) is 65.4 Å². The zero-order valence-corrected chi connectivity index (χ0v) is 61.7. The Kier molecular flexibility index (Phi) is 30.6. The highest BCUT2D eigenvalue weighted by atomic mass is 127. The van der Waals surface area contributed by atoms with Crippen LogP contribution in [0, 0.1) is 0 Å². The number of para-hydroxylation sites is 3. The molecule has 3 aliphatic heterocycles. The van der Waals surface area contributed by atoms with Gasteiger partial charge in [-0.05, 0) is 142 Å². The molecule has 0 unspecified atom stereocenters. The van der Waals surface area contributed by atoms with Crippen molar-refractivity contribution in [3.63, 3.8) is 0 Å². The maximum atomic E-state index is 6.18. The van der Waals surface area contributed by atoms with Crippen LogP contribution < -0.4 is 5.46 Å². The average Bonchev–Trinajstić information content (AvgIpc) is 4.48. The number of aromatic amines is 1. The number of alkyl halides is 1. The fourth-order valence-electron chi connectivity index (χ4n) is 9.26. The number of halogens is 3. The molecule has 9 nitrogen and oxygen atoms in total. The quantitative estimate of drug-likeness (QED) is 0.106. The molecule has 460 valence electrons. The number of fused-ring (bicyclic) bond motifs is 9. The van der Waals surface area contributed by atoms with E-state index in [0.717, 1.165) is 14.4 Å². The molecule has 3 fully saturated rings. The van der Waals surface area contributed by atoms with Gasteiger partial charge in [0, 0.05) is 88.5 Å². The van der Waals surface area contributed by atoms with E-state index in [4.69, 9.17) is 27.9 Å². The van der Waals surface area contributed by atoms with Gasteiger partial charge in [-0.25, -0.2) is 0 Å². The highest BCUT2D eigenvalue weighted by Crippen LogP contribution is 2.43. The zero-order valence-electron chi connectivity index (χ0n) is 56.3. The summed E-state index contributed by atoms with van der Waals surface area (Å²) in [6.07, 6.45) is 0. The molecule has 0 atom stereocenters. The van der Waals surface area contributed by atoms with E-state index in [0.29, 0.717) is 0 Å².